The number of aliphatic hydroxyl groups is 1. The highest BCUT2D eigenvalue weighted by molar-refractivity contribution is 5.80. The van der Waals surface area contributed by atoms with E-state index in [0.29, 0.717) is 11.7 Å². The maximum atomic E-state index is 11.2. The minimum atomic E-state index is -0.239. The topological polar surface area (TPSA) is 37.3 Å². The molecule has 2 heteroatoms. The third-order valence-corrected chi connectivity index (χ3v) is 3.59. The lowest BCUT2D eigenvalue weighted by Gasteiger charge is -2.51. The second-order valence-electron chi connectivity index (χ2n) is 5.00. The maximum Gasteiger partial charge on any atom is 0.133 e. The van der Waals surface area contributed by atoms with Crippen molar-refractivity contribution in [3.63, 3.8) is 0 Å². The smallest absolute Gasteiger partial charge is 0.133 e. The highest BCUT2D eigenvalue weighted by Gasteiger charge is 2.49. The number of aliphatic hydroxyl groups excluding tert-OH is 1. The fraction of sp³-hybridized carbons (Fsp3) is 0.909. The van der Waals surface area contributed by atoms with E-state index < -0.39 is 0 Å². The van der Waals surface area contributed by atoms with Crippen molar-refractivity contribution in [1.29, 1.82) is 0 Å². The van der Waals surface area contributed by atoms with Gasteiger partial charge in [0.2, 0.25) is 0 Å². The van der Waals surface area contributed by atoms with Crippen molar-refractivity contribution in [1.82, 2.24) is 0 Å². The Morgan fingerprint density at radius 3 is 2.46 bits per heavy atom. The Morgan fingerprint density at radius 2 is 2.15 bits per heavy atom. The molecule has 1 aliphatic rings. The average molecular weight is 184 g/mol. The second kappa shape index (κ2) is 3.41. The van der Waals surface area contributed by atoms with Crippen molar-refractivity contribution >= 4 is 5.78 Å². The summed E-state index contributed by atoms with van der Waals surface area (Å²) < 4.78 is 0. The molecule has 13 heavy (non-hydrogen) atoms. The van der Waals surface area contributed by atoms with Crippen LogP contribution in [0.15, 0.2) is 0 Å². The highest BCUT2D eigenvalue weighted by Crippen LogP contribution is 2.53. The molecule has 76 valence electrons. The van der Waals surface area contributed by atoms with Gasteiger partial charge in [0.15, 0.2) is 0 Å². The van der Waals surface area contributed by atoms with Crippen LogP contribution in [0.2, 0.25) is 0 Å². The van der Waals surface area contributed by atoms with Crippen molar-refractivity contribution in [2.24, 2.45) is 17.3 Å². The quantitative estimate of drug-likeness (QED) is 0.728. The monoisotopic (exact) mass is 184 g/mol. The third kappa shape index (κ3) is 1.93. The molecule has 0 radical (unpaired) electrons. The SMILES string of the molecule is CC(=O)C1CC(CC(C)O)C1(C)C. The van der Waals surface area contributed by atoms with Gasteiger partial charge in [-0.25, -0.2) is 0 Å². The highest BCUT2D eigenvalue weighted by atomic mass is 16.3. The van der Waals surface area contributed by atoms with Crippen molar-refractivity contribution in [2.75, 3.05) is 0 Å². The van der Waals surface area contributed by atoms with E-state index in [9.17, 15) is 9.90 Å². The lowest BCUT2D eigenvalue weighted by Crippen LogP contribution is -2.49. The number of hydrogen-bond donors (Lipinski definition) is 1. The molecule has 3 atom stereocenters. The van der Waals surface area contributed by atoms with Crippen LogP contribution < -0.4 is 0 Å². The largest absolute Gasteiger partial charge is 0.393 e. The number of rotatable bonds is 3. The summed E-state index contributed by atoms with van der Waals surface area (Å²) in [6.07, 6.45) is 1.56. The first-order valence-electron chi connectivity index (χ1n) is 5.04. The Kier molecular flexibility index (Phi) is 2.81. The summed E-state index contributed by atoms with van der Waals surface area (Å²) in [5.41, 5.74) is 0.100. The zero-order valence-electron chi connectivity index (χ0n) is 9.00. The summed E-state index contributed by atoms with van der Waals surface area (Å²) in [6, 6.07) is 0. The molecule has 0 heterocycles. The van der Waals surface area contributed by atoms with Crippen LogP contribution in [-0.2, 0) is 4.79 Å². The number of carbonyl (C=O) groups excluding carboxylic acids is 1. The molecular formula is C11H20O2. The molecular weight excluding hydrogens is 164 g/mol. The lowest BCUT2D eigenvalue weighted by molar-refractivity contribution is -0.137. The molecule has 1 saturated carbocycles. The summed E-state index contributed by atoms with van der Waals surface area (Å²) in [5, 5.41) is 9.26. The normalized spacial score (nSPS) is 33.6. The first-order valence-corrected chi connectivity index (χ1v) is 5.04. The van der Waals surface area contributed by atoms with E-state index >= 15 is 0 Å². The van der Waals surface area contributed by atoms with Crippen molar-refractivity contribution in [2.45, 2.75) is 46.6 Å². The molecule has 2 nitrogen and oxygen atoms in total. The summed E-state index contributed by atoms with van der Waals surface area (Å²) >= 11 is 0. The van der Waals surface area contributed by atoms with Gasteiger partial charge in [-0.2, -0.15) is 0 Å². The van der Waals surface area contributed by atoms with Crippen LogP contribution >= 0.6 is 0 Å². The maximum absolute atomic E-state index is 11.2. The fourth-order valence-corrected chi connectivity index (χ4v) is 2.52. The molecule has 0 aromatic rings. The average Bonchev–Trinajstić information content (AvgIpc) is 1.96. The molecule has 0 spiro atoms. The van der Waals surface area contributed by atoms with Gasteiger partial charge in [0.05, 0.1) is 6.10 Å². The van der Waals surface area contributed by atoms with Crippen LogP contribution in [0.5, 0.6) is 0 Å². The van der Waals surface area contributed by atoms with Gasteiger partial charge >= 0.3 is 0 Å². The second-order valence-corrected chi connectivity index (χ2v) is 5.00. The van der Waals surface area contributed by atoms with Gasteiger partial charge in [0.25, 0.3) is 0 Å². The van der Waals surface area contributed by atoms with Gasteiger partial charge in [-0.1, -0.05) is 13.8 Å². The lowest BCUT2D eigenvalue weighted by atomic mass is 9.52. The zero-order valence-corrected chi connectivity index (χ0v) is 9.00. The number of Topliss-reactive ketones (excluding diaryl/α,β-unsaturated/α-hetero) is 1. The predicted octanol–water partition coefficient (Wildman–Crippen LogP) is 2.01. The summed E-state index contributed by atoms with van der Waals surface area (Å²) in [5.74, 6) is 1.03. The molecule has 0 aliphatic heterocycles. The minimum Gasteiger partial charge on any atom is -0.393 e. The standard InChI is InChI=1S/C11H20O2/c1-7(12)5-9-6-10(8(2)13)11(9,3)4/h7,9-10,12H,5-6H2,1-4H3. The first kappa shape index (κ1) is 10.7. The summed E-state index contributed by atoms with van der Waals surface area (Å²) in [7, 11) is 0. The van der Waals surface area contributed by atoms with E-state index in [2.05, 4.69) is 13.8 Å². The molecule has 1 fully saturated rings. The van der Waals surface area contributed by atoms with Gasteiger partial charge in [-0.05, 0) is 38.0 Å². The van der Waals surface area contributed by atoms with Crippen LogP contribution in [-0.4, -0.2) is 17.0 Å². The van der Waals surface area contributed by atoms with Crippen molar-refractivity contribution in [3.05, 3.63) is 0 Å². The fourth-order valence-electron chi connectivity index (χ4n) is 2.52. The van der Waals surface area contributed by atoms with Crippen molar-refractivity contribution in [3.8, 4) is 0 Å². The molecule has 0 bridgehead atoms. The van der Waals surface area contributed by atoms with E-state index in [4.69, 9.17) is 0 Å². The minimum absolute atomic E-state index is 0.100. The number of ketones is 1. The Bertz CT molecular complexity index is 206. The van der Waals surface area contributed by atoms with Crippen LogP contribution in [0.25, 0.3) is 0 Å². The zero-order chi connectivity index (χ0) is 10.2. The molecule has 1 aliphatic carbocycles. The number of carbonyl (C=O) groups is 1. The summed E-state index contributed by atoms with van der Waals surface area (Å²) in [4.78, 5) is 11.2. The van der Waals surface area contributed by atoms with Crippen LogP contribution in [0, 0.1) is 17.3 Å². The van der Waals surface area contributed by atoms with E-state index in [1.807, 2.05) is 6.92 Å². The Balaban J connectivity index is 2.54. The Morgan fingerprint density at radius 1 is 1.62 bits per heavy atom. The van der Waals surface area contributed by atoms with Gasteiger partial charge in [0.1, 0.15) is 5.78 Å². The van der Waals surface area contributed by atoms with Crippen molar-refractivity contribution < 1.29 is 9.90 Å². The first-order chi connectivity index (χ1) is 5.85. The molecule has 1 N–H and O–H groups in total. The van der Waals surface area contributed by atoms with Gasteiger partial charge in [0, 0.05) is 5.92 Å². The van der Waals surface area contributed by atoms with Gasteiger partial charge in [-0.15, -0.1) is 0 Å². The Hall–Kier alpha value is -0.370. The van der Waals surface area contributed by atoms with Crippen LogP contribution in [0.3, 0.4) is 0 Å². The van der Waals surface area contributed by atoms with Gasteiger partial charge < -0.3 is 5.11 Å². The van der Waals surface area contributed by atoms with E-state index in [-0.39, 0.29) is 17.4 Å². The van der Waals surface area contributed by atoms with Crippen LogP contribution in [0.4, 0.5) is 0 Å². The molecule has 0 aromatic carbocycles. The molecule has 0 amide bonds. The summed E-state index contributed by atoms with van der Waals surface area (Å²) in [6.45, 7) is 7.76. The third-order valence-electron chi connectivity index (χ3n) is 3.59. The van der Waals surface area contributed by atoms with E-state index in [1.165, 1.54) is 0 Å². The Labute approximate surface area is 80.3 Å². The van der Waals surface area contributed by atoms with E-state index in [1.54, 1.807) is 6.92 Å². The molecule has 0 saturated heterocycles. The van der Waals surface area contributed by atoms with Crippen LogP contribution in [0.1, 0.15) is 40.5 Å². The van der Waals surface area contributed by atoms with E-state index in [0.717, 1.165) is 12.8 Å². The molecule has 3 unspecified atom stereocenters. The number of hydrogen-bond acceptors (Lipinski definition) is 2. The molecule has 1 rings (SSSR count). The van der Waals surface area contributed by atoms with Gasteiger partial charge in [-0.3, -0.25) is 4.79 Å². The predicted molar refractivity (Wildman–Crippen MR) is 52.4 cm³/mol. The molecule has 0 aromatic heterocycles.